The first-order valence-electron chi connectivity index (χ1n) is 12.6. The molecule has 0 aliphatic carbocycles. The normalized spacial score (nSPS) is 13.4. The average Bonchev–Trinajstić information content (AvgIpc) is 3.43. The van der Waals surface area contributed by atoms with Crippen molar-refractivity contribution in [2.75, 3.05) is 49.6 Å². The zero-order valence-electron chi connectivity index (χ0n) is 21.3. The molecular formula is C29H30ClN5O2S. The molecule has 9 heteroatoms. The van der Waals surface area contributed by atoms with Crippen LogP contribution in [0.4, 0.5) is 10.8 Å². The van der Waals surface area contributed by atoms with Crippen LogP contribution < -0.4 is 14.5 Å². The fourth-order valence-electron chi connectivity index (χ4n) is 4.50. The van der Waals surface area contributed by atoms with Crippen molar-refractivity contribution in [3.8, 4) is 5.75 Å². The molecule has 1 aromatic heterocycles. The van der Waals surface area contributed by atoms with Gasteiger partial charge in [0.25, 0.3) is 0 Å². The van der Waals surface area contributed by atoms with Gasteiger partial charge in [0.1, 0.15) is 11.6 Å². The van der Waals surface area contributed by atoms with Crippen LogP contribution in [0.5, 0.6) is 5.75 Å². The third-order valence-electron chi connectivity index (χ3n) is 6.62. The third-order valence-corrected chi connectivity index (χ3v) is 7.68. The number of hydrogen-bond acceptors (Lipinski definition) is 7. The van der Waals surface area contributed by atoms with Crippen LogP contribution in [0.1, 0.15) is 17.0 Å². The smallest absolute Gasteiger partial charge is 0.242 e. The van der Waals surface area contributed by atoms with Crippen molar-refractivity contribution in [2.24, 2.45) is 0 Å². The first-order chi connectivity index (χ1) is 18.6. The second-order valence-corrected chi connectivity index (χ2v) is 10.4. The summed E-state index contributed by atoms with van der Waals surface area (Å²) in [6, 6.07) is 26.0. The van der Waals surface area contributed by atoms with Gasteiger partial charge in [0.15, 0.2) is 0 Å². The van der Waals surface area contributed by atoms with Crippen molar-refractivity contribution in [2.45, 2.75) is 13.0 Å². The molecular weight excluding hydrogens is 518 g/mol. The number of ether oxygens (including phenoxy) is 1. The number of carbonyl (C=O) groups is 1. The minimum Gasteiger partial charge on any atom is -0.497 e. The molecule has 0 spiro atoms. The molecule has 1 saturated heterocycles. The minimum absolute atomic E-state index is 0.102. The van der Waals surface area contributed by atoms with Gasteiger partial charge in [-0.15, -0.1) is 0 Å². The molecule has 0 unspecified atom stereocenters. The number of methoxy groups -OCH3 is 1. The van der Waals surface area contributed by atoms with Crippen molar-refractivity contribution in [1.29, 1.82) is 0 Å². The number of nitrogens with zero attached hydrogens (tertiary/aromatic N) is 5. The lowest BCUT2D eigenvalue weighted by atomic mass is 10.1. The summed E-state index contributed by atoms with van der Waals surface area (Å²) in [5.41, 5.74) is 3.36. The van der Waals surface area contributed by atoms with Gasteiger partial charge < -0.3 is 19.4 Å². The van der Waals surface area contributed by atoms with E-state index < -0.39 is 0 Å². The Kier molecular flexibility index (Phi) is 8.41. The Morgan fingerprint density at radius 3 is 2.34 bits per heavy atom. The van der Waals surface area contributed by atoms with Gasteiger partial charge >= 0.3 is 0 Å². The number of aromatic nitrogens is 2. The number of hydrogen-bond donors (Lipinski definition) is 0. The summed E-state index contributed by atoms with van der Waals surface area (Å²) in [6.07, 6.45) is 0.619. The Labute approximate surface area is 232 Å². The van der Waals surface area contributed by atoms with E-state index in [0.717, 1.165) is 46.6 Å². The van der Waals surface area contributed by atoms with Gasteiger partial charge in [-0.2, -0.15) is 4.37 Å². The van der Waals surface area contributed by atoms with Crippen LogP contribution in [0, 0.1) is 0 Å². The van der Waals surface area contributed by atoms with E-state index in [1.165, 1.54) is 11.5 Å². The van der Waals surface area contributed by atoms with Crippen LogP contribution in [-0.2, 0) is 17.8 Å². The highest BCUT2D eigenvalue weighted by Crippen LogP contribution is 2.23. The molecule has 1 fully saturated rings. The van der Waals surface area contributed by atoms with Gasteiger partial charge in [0.2, 0.25) is 11.0 Å². The standard InChI is InChI=1S/C29H30ClN5O2S/c1-37-26-13-11-25(12-14-26)33-15-17-34(18-16-33)28(36)21-35(20-23-5-3-2-4-6-23)29-31-27(32-38-29)19-22-7-9-24(30)10-8-22/h2-14H,15-21H2,1H3. The van der Waals surface area contributed by atoms with Gasteiger partial charge in [-0.3, -0.25) is 4.79 Å². The molecule has 3 aromatic carbocycles. The number of piperazine rings is 1. The van der Waals surface area contributed by atoms with E-state index in [4.69, 9.17) is 21.3 Å². The maximum absolute atomic E-state index is 13.4. The largest absolute Gasteiger partial charge is 0.497 e. The first-order valence-corrected chi connectivity index (χ1v) is 13.8. The van der Waals surface area contributed by atoms with Crippen molar-refractivity contribution in [3.63, 3.8) is 0 Å². The van der Waals surface area contributed by atoms with Crippen molar-refractivity contribution < 1.29 is 9.53 Å². The zero-order chi connectivity index (χ0) is 26.3. The summed E-state index contributed by atoms with van der Waals surface area (Å²) < 4.78 is 9.85. The molecule has 0 N–H and O–H groups in total. The van der Waals surface area contributed by atoms with Crippen LogP contribution in [0.25, 0.3) is 0 Å². The van der Waals surface area contributed by atoms with E-state index in [1.807, 2.05) is 64.4 Å². The van der Waals surface area contributed by atoms with Gasteiger partial charge in [0, 0.05) is 61.4 Å². The third kappa shape index (κ3) is 6.62. The van der Waals surface area contributed by atoms with E-state index in [0.29, 0.717) is 31.1 Å². The van der Waals surface area contributed by atoms with Crippen LogP contribution >= 0.6 is 23.1 Å². The van der Waals surface area contributed by atoms with Gasteiger partial charge in [-0.25, -0.2) is 4.98 Å². The molecule has 0 bridgehead atoms. The lowest BCUT2D eigenvalue weighted by Gasteiger charge is -2.37. The van der Waals surface area contributed by atoms with Crippen LogP contribution in [0.2, 0.25) is 5.02 Å². The first kappa shape index (κ1) is 26.0. The number of rotatable bonds is 9. The van der Waals surface area contributed by atoms with Crippen LogP contribution in [-0.4, -0.2) is 60.0 Å². The average molecular weight is 548 g/mol. The molecule has 196 valence electrons. The van der Waals surface area contributed by atoms with E-state index in [2.05, 4.69) is 33.5 Å². The summed E-state index contributed by atoms with van der Waals surface area (Å²) in [6.45, 7) is 3.80. The highest BCUT2D eigenvalue weighted by Gasteiger charge is 2.25. The number of carbonyl (C=O) groups excluding carboxylic acids is 1. The molecule has 0 atom stereocenters. The Morgan fingerprint density at radius 1 is 0.947 bits per heavy atom. The summed E-state index contributed by atoms with van der Waals surface area (Å²) in [5, 5.41) is 1.46. The Hall–Kier alpha value is -3.62. The van der Waals surface area contributed by atoms with E-state index in [1.54, 1.807) is 7.11 Å². The van der Waals surface area contributed by atoms with Crippen LogP contribution in [0.3, 0.4) is 0 Å². The number of anilines is 2. The predicted octanol–water partition coefficient (Wildman–Crippen LogP) is 5.15. The fourth-order valence-corrected chi connectivity index (χ4v) is 5.30. The molecule has 1 aliphatic heterocycles. The molecule has 4 aromatic rings. The minimum atomic E-state index is 0.102. The molecule has 1 amide bonds. The van der Waals surface area contributed by atoms with Crippen molar-refractivity contribution in [3.05, 3.63) is 101 Å². The van der Waals surface area contributed by atoms with Crippen molar-refractivity contribution in [1.82, 2.24) is 14.3 Å². The van der Waals surface area contributed by atoms with Crippen molar-refractivity contribution >= 4 is 39.9 Å². The second kappa shape index (κ2) is 12.3. The molecule has 7 nitrogen and oxygen atoms in total. The van der Waals surface area contributed by atoms with Gasteiger partial charge in [-0.1, -0.05) is 54.1 Å². The second-order valence-electron chi connectivity index (χ2n) is 9.20. The Balaban J connectivity index is 1.25. The monoisotopic (exact) mass is 547 g/mol. The predicted molar refractivity (Wildman–Crippen MR) is 153 cm³/mol. The summed E-state index contributed by atoms with van der Waals surface area (Å²) >= 11 is 7.36. The van der Waals surface area contributed by atoms with E-state index in [9.17, 15) is 4.79 Å². The summed E-state index contributed by atoms with van der Waals surface area (Å²) in [5.74, 6) is 1.68. The Morgan fingerprint density at radius 2 is 1.66 bits per heavy atom. The molecule has 0 saturated carbocycles. The lowest BCUT2D eigenvalue weighted by Crippen LogP contribution is -2.51. The molecule has 38 heavy (non-hydrogen) atoms. The number of amides is 1. The SMILES string of the molecule is COc1ccc(N2CCN(C(=O)CN(Cc3ccccc3)c3nc(Cc4ccc(Cl)cc4)ns3)CC2)cc1. The maximum Gasteiger partial charge on any atom is 0.242 e. The Bertz CT molecular complexity index is 1320. The van der Waals surface area contributed by atoms with Crippen LogP contribution in [0.15, 0.2) is 78.9 Å². The topological polar surface area (TPSA) is 61.8 Å². The lowest BCUT2D eigenvalue weighted by molar-refractivity contribution is -0.130. The zero-order valence-corrected chi connectivity index (χ0v) is 22.9. The number of benzene rings is 3. The van der Waals surface area contributed by atoms with Gasteiger partial charge in [-0.05, 0) is 47.5 Å². The maximum atomic E-state index is 13.4. The quantitative estimate of drug-likeness (QED) is 0.289. The van der Waals surface area contributed by atoms with Gasteiger partial charge in [0.05, 0.1) is 13.7 Å². The molecule has 5 rings (SSSR count). The van der Waals surface area contributed by atoms with E-state index >= 15 is 0 Å². The fraction of sp³-hybridized carbons (Fsp3) is 0.276. The molecule has 0 radical (unpaired) electrons. The van der Waals surface area contributed by atoms with E-state index in [-0.39, 0.29) is 12.5 Å². The highest BCUT2D eigenvalue weighted by atomic mass is 35.5. The highest BCUT2D eigenvalue weighted by molar-refractivity contribution is 7.09. The summed E-state index contributed by atoms with van der Waals surface area (Å²) in [4.78, 5) is 24.5. The number of halogens is 1. The molecule has 2 heterocycles. The molecule has 1 aliphatic rings. The summed E-state index contributed by atoms with van der Waals surface area (Å²) in [7, 11) is 1.67.